The predicted molar refractivity (Wildman–Crippen MR) is 175 cm³/mol. The number of pyridine rings is 1. The molecule has 0 radical (unpaired) electrons. The van der Waals surface area contributed by atoms with Crippen molar-refractivity contribution in [1.82, 2.24) is 20.3 Å². The number of fused-ring (bicyclic) bond motifs is 1. The van der Waals surface area contributed by atoms with Crippen molar-refractivity contribution >= 4 is 52.0 Å². The lowest BCUT2D eigenvalue weighted by Gasteiger charge is -2.19. The van der Waals surface area contributed by atoms with Crippen LogP contribution < -0.4 is 16.0 Å². The first kappa shape index (κ1) is 30.5. The molecule has 5 aromatic rings. The van der Waals surface area contributed by atoms with E-state index in [0.29, 0.717) is 28.4 Å². The van der Waals surface area contributed by atoms with Crippen LogP contribution in [0.3, 0.4) is 0 Å². The third kappa shape index (κ3) is 7.90. The summed E-state index contributed by atoms with van der Waals surface area (Å²) in [5.74, 6) is 0.389. The number of hydrogen-bond acceptors (Lipinski definition) is 8. The van der Waals surface area contributed by atoms with Gasteiger partial charge in [0.1, 0.15) is 17.7 Å². The SMILES string of the molecule is Cc1ccc2c(Nc3cc(C(=O)NC(C)c4ccccc4)ccc3Sc3ccc(NC(=O)OC(C)(C)C)cc3)ncnc2n1. The van der Waals surface area contributed by atoms with Crippen LogP contribution >= 0.6 is 11.8 Å². The van der Waals surface area contributed by atoms with Crippen LogP contribution in [-0.4, -0.2) is 32.6 Å². The van der Waals surface area contributed by atoms with Gasteiger partial charge in [0.2, 0.25) is 0 Å². The van der Waals surface area contributed by atoms with Gasteiger partial charge in [-0.1, -0.05) is 42.1 Å². The molecule has 1 atom stereocenters. The Morgan fingerprint density at radius 1 is 0.909 bits per heavy atom. The maximum absolute atomic E-state index is 13.3. The maximum Gasteiger partial charge on any atom is 0.412 e. The molecule has 0 spiro atoms. The Kier molecular flexibility index (Phi) is 9.10. The third-order valence-electron chi connectivity index (χ3n) is 6.51. The van der Waals surface area contributed by atoms with Crippen molar-refractivity contribution in [2.45, 2.75) is 56.1 Å². The summed E-state index contributed by atoms with van der Waals surface area (Å²) >= 11 is 1.51. The van der Waals surface area contributed by atoms with Crippen molar-refractivity contribution in [3.63, 3.8) is 0 Å². The number of aromatic nitrogens is 3. The van der Waals surface area contributed by atoms with Crippen molar-refractivity contribution in [3.05, 3.63) is 108 Å². The molecule has 0 saturated heterocycles. The van der Waals surface area contributed by atoms with Gasteiger partial charge in [-0.3, -0.25) is 10.1 Å². The van der Waals surface area contributed by atoms with Gasteiger partial charge in [-0.15, -0.1) is 0 Å². The molecule has 0 aliphatic rings. The van der Waals surface area contributed by atoms with Gasteiger partial charge >= 0.3 is 6.09 Å². The van der Waals surface area contributed by atoms with E-state index in [1.54, 1.807) is 0 Å². The summed E-state index contributed by atoms with van der Waals surface area (Å²) in [5.41, 5.74) is 3.69. The van der Waals surface area contributed by atoms with E-state index in [0.717, 1.165) is 26.4 Å². The predicted octanol–water partition coefficient (Wildman–Crippen LogP) is 8.07. The molecule has 10 heteroatoms. The highest BCUT2D eigenvalue weighted by atomic mass is 32.2. The minimum Gasteiger partial charge on any atom is -0.444 e. The number of rotatable bonds is 8. The molecule has 0 aliphatic heterocycles. The Balaban J connectivity index is 1.42. The summed E-state index contributed by atoms with van der Waals surface area (Å²) in [4.78, 5) is 40.6. The number of nitrogens with one attached hydrogen (secondary N) is 3. The van der Waals surface area contributed by atoms with Crippen molar-refractivity contribution in [2.24, 2.45) is 0 Å². The molecule has 3 aromatic carbocycles. The van der Waals surface area contributed by atoms with E-state index in [1.807, 2.05) is 120 Å². The maximum atomic E-state index is 13.3. The number of ether oxygens (including phenoxy) is 1. The average molecular weight is 607 g/mol. The Labute approximate surface area is 260 Å². The van der Waals surface area contributed by atoms with E-state index in [2.05, 4.69) is 30.9 Å². The molecule has 0 bridgehead atoms. The van der Waals surface area contributed by atoms with Crippen LogP contribution in [0.2, 0.25) is 0 Å². The lowest BCUT2D eigenvalue weighted by Crippen LogP contribution is -2.27. The molecule has 2 heterocycles. The van der Waals surface area contributed by atoms with Gasteiger partial charge in [0.15, 0.2) is 5.65 Å². The topological polar surface area (TPSA) is 118 Å². The highest BCUT2D eigenvalue weighted by Gasteiger charge is 2.18. The molecule has 2 amide bonds. The highest BCUT2D eigenvalue weighted by Crippen LogP contribution is 2.37. The fourth-order valence-corrected chi connectivity index (χ4v) is 5.26. The molecule has 0 fully saturated rings. The van der Waals surface area contributed by atoms with E-state index < -0.39 is 11.7 Å². The number of hydrogen-bond donors (Lipinski definition) is 3. The first-order valence-corrected chi connectivity index (χ1v) is 15.0. The molecule has 44 heavy (non-hydrogen) atoms. The number of carbonyl (C=O) groups excluding carboxylic acids is 2. The quantitative estimate of drug-likeness (QED) is 0.162. The lowest BCUT2D eigenvalue weighted by molar-refractivity contribution is 0.0635. The Morgan fingerprint density at radius 2 is 1.66 bits per heavy atom. The molecule has 224 valence electrons. The standard InChI is InChI=1S/C34H34N6O3S/c1-21-11-17-27-30(37-21)35-20-36-31(27)40-28-19-24(32(41)38-22(2)23-9-7-6-8-10-23)12-18-29(28)44-26-15-13-25(14-16-26)39-33(42)43-34(3,4)5/h6-20,22H,1-5H3,(H,38,41)(H,39,42)(H,35,36,37,40). The first-order valence-electron chi connectivity index (χ1n) is 14.2. The lowest BCUT2D eigenvalue weighted by atomic mass is 10.1. The summed E-state index contributed by atoms with van der Waals surface area (Å²) in [6.45, 7) is 9.33. The molecule has 1 unspecified atom stereocenters. The van der Waals surface area contributed by atoms with Gasteiger partial charge < -0.3 is 15.4 Å². The fraction of sp³-hybridized carbons (Fsp3) is 0.206. The zero-order valence-corrected chi connectivity index (χ0v) is 26.0. The number of carbonyl (C=O) groups is 2. The molecule has 0 aliphatic carbocycles. The van der Waals surface area contributed by atoms with Gasteiger partial charge in [-0.25, -0.2) is 19.7 Å². The van der Waals surface area contributed by atoms with Gasteiger partial charge in [0.25, 0.3) is 5.91 Å². The van der Waals surface area contributed by atoms with Crippen molar-refractivity contribution < 1.29 is 14.3 Å². The minimum absolute atomic E-state index is 0.165. The summed E-state index contributed by atoms with van der Waals surface area (Å²) in [6, 6.07) is 26.5. The van der Waals surface area contributed by atoms with Crippen LogP contribution in [0.1, 0.15) is 55.4 Å². The fourth-order valence-electron chi connectivity index (χ4n) is 4.38. The zero-order valence-electron chi connectivity index (χ0n) is 25.2. The summed E-state index contributed by atoms with van der Waals surface area (Å²) in [7, 11) is 0. The van der Waals surface area contributed by atoms with E-state index in [-0.39, 0.29) is 11.9 Å². The zero-order chi connectivity index (χ0) is 31.3. The van der Waals surface area contributed by atoms with Crippen LogP contribution in [0, 0.1) is 6.92 Å². The monoisotopic (exact) mass is 606 g/mol. The molecule has 2 aromatic heterocycles. The molecule has 0 saturated carbocycles. The summed E-state index contributed by atoms with van der Waals surface area (Å²) in [5, 5.41) is 10.0. The number of benzene rings is 3. The molecule has 5 rings (SSSR count). The second kappa shape index (κ2) is 13.1. The van der Waals surface area contributed by atoms with Crippen LogP contribution in [0.5, 0.6) is 0 Å². The van der Waals surface area contributed by atoms with Gasteiger partial charge in [-0.2, -0.15) is 0 Å². The van der Waals surface area contributed by atoms with Crippen molar-refractivity contribution in [1.29, 1.82) is 0 Å². The van der Waals surface area contributed by atoms with Gasteiger partial charge in [0.05, 0.1) is 17.1 Å². The second-order valence-corrected chi connectivity index (χ2v) is 12.4. The summed E-state index contributed by atoms with van der Waals surface area (Å²) in [6.07, 6.45) is 0.958. The third-order valence-corrected chi connectivity index (χ3v) is 7.59. The highest BCUT2D eigenvalue weighted by molar-refractivity contribution is 7.99. The Bertz CT molecular complexity index is 1790. The van der Waals surface area contributed by atoms with Gasteiger partial charge in [-0.05, 0) is 94.8 Å². The smallest absolute Gasteiger partial charge is 0.412 e. The van der Waals surface area contributed by atoms with Gasteiger partial charge in [0, 0.05) is 26.7 Å². The molecule has 9 nitrogen and oxygen atoms in total. The largest absolute Gasteiger partial charge is 0.444 e. The second-order valence-electron chi connectivity index (χ2n) is 11.2. The summed E-state index contributed by atoms with van der Waals surface area (Å²) < 4.78 is 5.35. The van der Waals surface area contributed by atoms with Crippen LogP contribution in [0.25, 0.3) is 11.0 Å². The first-order chi connectivity index (χ1) is 21.0. The van der Waals surface area contributed by atoms with E-state index >= 15 is 0 Å². The van der Waals surface area contributed by atoms with Crippen LogP contribution in [0.4, 0.5) is 22.0 Å². The Hall–Kier alpha value is -4.96. The van der Waals surface area contributed by atoms with Crippen LogP contribution in [0.15, 0.2) is 101 Å². The average Bonchev–Trinajstić information content (AvgIpc) is 2.98. The molecular formula is C34H34N6O3S. The normalized spacial score (nSPS) is 11.9. The van der Waals surface area contributed by atoms with Crippen molar-refractivity contribution in [3.8, 4) is 0 Å². The minimum atomic E-state index is -0.587. The molecule has 3 N–H and O–H groups in total. The van der Waals surface area contributed by atoms with E-state index in [9.17, 15) is 9.59 Å². The Morgan fingerprint density at radius 3 is 2.39 bits per heavy atom. The molecular weight excluding hydrogens is 572 g/mol. The number of aryl methyl sites for hydroxylation is 1. The van der Waals surface area contributed by atoms with Crippen molar-refractivity contribution in [2.75, 3.05) is 10.6 Å². The van der Waals surface area contributed by atoms with Crippen LogP contribution in [-0.2, 0) is 4.74 Å². The number of nitrogens with zero attached hydrogens (tertiary/aromatic N) is 3. The van der Waals surface area contributed by atoms with E-state index in [1.165, 1.54) is 18.1 Å². The van der Waals surface area contributed by atoms with E-state index in [4.69, 9.17) is 4.74 Å². The number of anilines is 3. The number of amides is 2.